The van der Waals surface area contributed by atoms with E-state index in [-0.39, 0.29) is 11.7 Å². The zero-order valence-electron chi connectivity index (χ0n) is 31.0. The number of aryl methyl sites for hydroxylation is 1. The molecule has 0 radical (unpaired) electrons. The van der Waals surface area contributed by atoms with Gasteiger partial charge in [-0.2, -0.15) is 13.2 Å². The van der Waals surface area contributed by atoms with Crippen molar-refractivity contribution in [1.82, 2.24) is 9.80 Å². The molecule has 1 unspecified atom stereocenters. The molecule has 0 fully saturated rings. The van der Waals surface area contributed by atoms with Gasteiger partial charge in [0, 0.05) is 50.7 Å². The van der Waals surface area contributed by atoms with Gasteiger partial charge in [-0.05, 0) is 59.9 Å². The largest absolute Gasteiger partial charge is 0.479 e. The number of aliphatic carboxylic acids is 2. The average Bonchev–Trinajstić information content (AvgIpc) is 3.41. The Morgan fingerprint density at radius 1 is 0.714 bits per heavy atom. The number of carboxylic acids is 2. The molecule has 0 spiro atoms. The molecule has 17 heteroatoms. The lowest BCUT2D eigenvalue weighted by Crippen LogP contribution is -2.35. The Morgan fingerprint density at radius 2 is 1.20 bits per heavy atom. The molecule has 0 heterocycles. The first-order valence-corrected chi connectivity index (χ1v) is 17.9. The van der Waals surface area contributed by atoms with Crippen molar-refractivity contribution in [3.05, 3.63) is 119 Å². The fourth-order valence-corrected chi connectivity index (χ4v) is 4.98. The number of rotatable bonds is 6. The third-order valence-corrected chi connectivity index (χ3v) is 8.23. The van der Waals surface area contributed by atoms with E-state index < -0.39 is 39.1 Å². The summed E-state index contributed by atoms with van der Waals surface area (Å²) in [5.41, 5.74) is 1.81. The molecule has 302 valence electrons. The lowest BCUT2D eigenvalue weighted by Gasteiger charge is -2.23. The lowest BCUT2D eigenvalue weighted by atomic mass is 9.87. The van der Waals surface area contributed by atoms with E-state index in [1.807, 2.05) is 60.7 Å². The van der Waals surface area contributed by atoms with E-state index >= 15 is 0 Å². The Labute approximate surface area is 337 Å². The van der Waals surface area contributed by atoms with Gasteiger partial charge in [-0.1, -0.05) is 115 Å². The van der Waals surface area contributed by atoms with Crippen molar-refractivity contribution in [2.75, 3.05) is 38.8 Å². The van der Waals surface area contributed by atoms with Crippen LogP contribution in [0.1, 0.15) is 42.0 Å². The van der Waals surface area contributed by atoms with Crippen molar-refractivity contribution in [1.29, 1.82) is 0 Å². The highest BCUT2D eigenvalue weighted by Gasteiger charge is 2.49. The van der Waals surface area contributed by atoms with E-state index in [0.29, 0.717) is 11.1 Å². The molecule has 0 saturated carbocycles. The summed E-state index contributed by atoms with van der Waals surface area (Å²) >= 11 is 14.4. The Hall–Kier alpha value is -5.02. The van der Waals surface area contributed by atoms with Crippen LogP contribution in [0.15, 0.2) is 97.1 Å². The van der Waals surface area contributed by atoms with Crippen LogP contribution in [0, 0.1) is 0 Å². The number of benzene rings is 4. The van der Waals surface area contributed by atoms with Crippen LogP contribution in [-0.4, -0.2) is 81.1 Å². The molecular weight excluding hydrogens is 800 g/mol. The number of para-hydroxylation sites is 1. The minimum atomic E-state index is -4.40. The SMILES string of the molecule is CCCCc1cccc2c1C(O)(C(=O)O)c1ccccc1-2.CN(C)C(=O)Nc1cccc(C(F)(F)F)c1.CN(C)C(=O)Nc1ccccc1.O=C(O)C(Cl)(Cl)Cl. The predicted molar refractivity (Wildman–Crippen MR) is 212 cm³/mol. The number of hydrogen-bond donors (Lipinski definition) is 5. The Kier molecular flexibility index (Phi) is 17.5. The number of carbonyl (C=O) groups is 4. The van der Waals surface area contributed by atoms with Crippen molar-refractivity contribution in [2.45, 2.75) is 41.8 Å². The smallest absolute Gasteiger partial charge is 0.416 e. The second-order valence-electron chi connectivity index (χ2n) is 12.4. The minimum absolute atomic E-state index is 0.110. The second kappa shape index (κ2) is 20.8. The van der Waals surface area contributed by atoms with E-state index in [1.165, 1.54) is 36.0 Å². The number of fused-ring (bicyclic) bond motifs is 3. The molecule has 5 rings (SSSR count). The number of urea groups is 2. The molecular formula is C39H42Cl3F3N4O7. The van der Waals surface area contributed by atoms with Gasteiger partial charge >= 0.3 is 30.2 Å². The maximum Gasteiger partial charge on any atom is 0.416 e. The van der Waals surface area contributed by atoms with E-state index in [1.54, 1.807) is 26.2 Å². The zero-order chi connectivity index (χ0) is 42.4. The van der Waals surface area contributed by atoms with Crippen molar-refractivity contribution < 1.29 is 47.7 Å². The van der Waals surface area contributed by atoms with Crippen molar-refractivity contribution in [3.63, 3.8) is 0 Å². The van der Waals surface area contributed by atoms with Crippen LogP contribution >= 0.6 is 34.8 Å². The number of hydrogen-bond acceptors (Lipinski definition) is 5. The maximum absolute atomic E-state index is 12.3. The summed E-state index contributed by atoms with van der Waals surface area (Å²) in [6.45, 7) is 2.10. The molecule has 5 N–H and O–H groups in total. The summed E-state index contributed by atoms with van der Waals surface area (Å²) in [6, 6.07) is 26.2. The highest BCUT2D eigenvalue weighted by atomic mass is 35.6. The van der Waals surface area contributed by atoms with E-state index in [0.717, 1.165) is 53.8 Å². The second-order valence-corrected chi connectivity index (χ2v) is 14.7. The van der Waals surface area contributed by atoms with Gasteiger partial charge in [-0.25, -0.2) is 19.2 Å². The van der Waals surface area contributed by atoms with Gasteiger partial charge in [0.2, 0.25) is 5.60 Å². The maximum atomic E-state index is 12.3. The fraction of sp³-hybridized carbons (Fsp3) is 0.282. The molecule has 1 aliphatic rings. The van der Waals surface area contributed by atoms with Crippen LogP contribution < -0.4 is 10.6 Å². The third-order valence-electron chi connectivity index (χ3n) is 7.75. The average molecular weight is 842 g/mol. The lowest BCUT2D eigenvalue weighted by molar-refractivity contribution is -0.154. The number of carboxylic acid groups (broad SMARTS) is 2. The summed E-state index contributed by atoms with van der Waals surface area (Å²) in [7, 11) is 6.42. The van der Waals surface area contributed by atoms with Crippen LogP contribution in [0.4, 0.5) is 34.1 Å². The number of amides is 4. The van der Waals surface area contributed by atoms with Crippen LogP contribution in [0.3, 0.4) is 0 Å². The van der Waals surface area contributed by atoms with Crippen molar-refractivity contribution in [3.8, 4) is 11.1 Å². The summed E-state index contributed by atoms with van der Waals surface area (Å²) in [4.78, 5) is 46.5. The number of carbonyl (C=O) groups excluding carboxylic acids is 2. The number of anilines is 2. The van der Waals surface area contributed by atoms with E-state index in [4.69, 9.17) is 39.9 Å². The monoisotopic (exact) mass is 840 g/mol. The molecule has 1 atom stereocenters. The van der Waals surface area contributed by atoms with Gasteiger partial charge in [-0.3, -0.25) is 0 Å². The van der Waals surface area contributed by atoms with Gasteiger partial charge in [0.25, 0.3) is 3.79 Å². The topological polar surface area (TPSA) is 160 Å². The Balaban J connectivity index is 0.000000276. The number of aliphatic hydroxyl groups is 1. The number of nitrogens with zero attached hydrogens (tertiary/aromatic N) is 2. The highest BCUT2D eigenvalue weighted by Crippen LogP contribution is 2.49. The summed E-state index contributed by atoms with van der Waals surface area (Å²) < 4.78 is 34.9. The number of nitrogens with one attached hydrogen (secondary N) is 2. The summed E-state index contributed by atoms with van der Waals surface area (Å²) in [5.74, 6) is -2.67. The Morgan fingerprint density at radius 3 is 1.70 bits per heavy atom. The molecule has 0 saturated heterocycles. The number of unbranched alkanes of at least 4 members (excludes halogenated alkanes) is 1. The first kappa shape index (κ1) is 47.1. The van der Waals surface area contributed by atoms with Crippen LogP contribution in [0.2, 0.25) is 0 Å². The normalized spacial score (nSPS) is 13.7. The summed E-state index contributed by atoms with van der Waals surface area (Å²) in [5, 5.41) is 33.5. The molecule has 0 aromatic heterocycles. The van der Waals surface area contributed by atoms with E-state index in [2.05, 4.69) is 17.6 Å². The van der Waals surface area contributed by atoms with Crippen molar-refractivity contribution in [2.24, 2.45) is 0 Å². The Bertz CT molecular complexity index is 1960. The molecule has 56 heavy (non-hydrogen) atoms. The molecule has 4 aromatic carbocycles. The third kappa shape index (κ3) is 13.3. The zero-order valence-corrected chi connectivity index (χ0v) is 33.3. The molecule has 0 aliphatic heterocycles. The highest BCUT2D eigenvalue weighted by molar-refractivity contribution is 6.75. The van der Waals surface area contributed by atoms with Crippen LogP contribution in [-0.2, 0) is 27.8 Å². The van der Waals surface area contributed by atoms with Gasteiger partial charge in [0.15, 0.2) is 0 Å². The molecule has 4 amide bonds. The first-order valence-electron chi connectivity index (χ1n) is 16.7. The molecule has 11 nitrogen and oxygen atoms in total. The minimum Gasteiger partial charge on any atom is -0.479 e. The van der Waals surface area contributed by atoms with Gasteiger partial charge in [0.05, 0.1) is 5.56 Å². The molecule has 1 aliphatic carbocycles. The standard InChI is InChI=1S/C18H18O3.C10H11F3N2O.C9H12N2O.C2HCl3O2/c1-2-3-7-12-8-6-10-14-13-9-4-5-11-15(13)18(21,16(12)14)17(19)20;1-15(2)9(16)14-8-5-3-4-7(6-8)10(11,12)13;1-11(2)9(12)10-8-6-4-3-5-7-8;3-2(4,5)1(6)7/h4-6,8-11,21H,2-3,7H2,1H3,(H,19,20);3-6H,1-2H3,(H,14,16);3-7H,1-2H3,(H,10,12);(H,6,7). The van der Waals surface area contributed by atoms with Gasteiger partial charge in [-0.15, -0.1) is 0 Å². The van der Waals surface area contributed by atoms with Crippen LogP contribution in [0.25, 0.3) is 11.1 Å². The van der Waals surface area contributed by atoms with E-state index in [9.17, 15) is 42.6 Å². The number of alkyl halides is 6. The first-order chi connectivity index (χ1) is 26.0. The predicted octanol–water partition coefficient (Wildman–Crippen LogP) is 9.35. The van der Waals surface area contributed by atoms with Crippen LogP contribution in [0.5, 0.6) is 0 Å². The quantitative estimate of drug-likeness (QED) is 0.121. The molecule has 0 bridgehead atoms. The fourth-order valence-electron chi connectivity index (χ4n) is 4.98. The van der Waals surface area contributed by atoms with Crippen molar-refractivity contribution >= 4 is 70.2 Å². The summed E-state index contributed by atoms with van der Waals surface area (Å²) in [6.07, 6.45) is -1.62. The van der Waals surface area contributed by atoms with Gasteiger partial charge < -0.3 is 35.8 Å². The molecule has 4 aromatic rings. The van der Waals surface area contributed by atoms with Gasteiger partial charge in [0.1, 0.15) is 0 Å². The number of halogens is 6.